The van der Waals surface area contributed by atoms with Crippen LogP contribution < -0.4 is 10.2 Å². The molecule has 1 N–H and O–H groups in total. The van der Waals surface area contributed by atoms with Crippen LogP contribution in [0.5, 0.6) is 0 Å². The Bertz CT molecular complexity index is 496. The van der Waals surface area contributed by atoms with Crippen LogP contribution in [0.15, 0.2) is 30.3 Å². The van der Waals surface area contributed by atoms with E-state index in [0.29, 0.717) is 26.2 Å². The fraction of sp³-hybridized carbons (Fsp3) is 0.588. The standard InChI is InChI=1S/C17H25N3O2/c1-2-16(21)20(15-6-4-3-5-7-15)12-17(13-22-14-17)19-10-8-18-9-11-19/h3-7,18H,2,8-14H2,1H3. The minimum absolute atomic E-state index is 0.0250. The van der Waals surface area contributed by atoms with E-state index in [1.807, 2.05) is 42.2 Å². The van der Waals surface area contributed by atoms with Crippen LogP contribution in [0.4, 0.5) is 5.69 Å². The average molecular weight is 303 g/mol. The largest absolute Gasteiger partial charge is 0.377 e. The van der Waals surface area contributed by atoms with Crippen molar-refractivity contribution in [2.75, 3.05) is 50.8 Å². The molecule has 0 radical (unpaired) electrons. The maximum Gasteiger partial charge on any atom is 0.226 e. The molecule has 2 saturated heterocycles. The number of hydrogen-bond donors (Lipinski definition) is 1. The first-order valence-electron chi connectivity index (χ1n) is 8.14. The third-order valence-electron chi connectivity index (χ3n) is 4.65. The number of nitrogens with one attached hydrogen (secondary N) is 1. The van der Waals surface area contributed by atoms with Crippen LogP contribution in [0.3, 0.4) is 0 Å². The number of nitrogens with zero attached hydrogens (tertiary/aromatic N) is 2. The van der Waals surface area contributed by atoms with E-state index in [1.54, 1.807) is 0 Å². The second kappa shape index (κ2) is 6.77. The molecule has 5 nitrogen and oxygen atoms in total. The number of anilines is 1. The molecular weight excluding hydrogens is 278 g/mol. The van der Waals surface area contributed by atoms with E-state index in [-0.39, 0.29) is 11.4 Å². The highest BCUT2D eigenvalue weighted by atomic mass is 16.5. The third kappa shape index (κ3) is 3.02. The van der Waals surface area contributed by atoms with Gasteiger partial charge in [0.1, 0.15) is 0 Å². The summed E-state index contributed by atoms with van der Waals surface area (Å²) in [5.74, 6) is 0.174. The van der Waals surface area contributed by atoms with Crippen LogP contribution in [0.1, 0.15) is 13.3 Å². The Morgan fingerprint density at radius 1 is 1.27 bits per heavy atom. The summed E-state index contributed by atoms with van der Waals surface area (Å²) in [6, 6.07) is 9.98. The average Bonchev–Trinajstić information content (AvgIpc) is 2.55. The van der Waals surface area contributed by atoms with Crippen LogP contribution in [0.25, 0.3) is 0 Å². The van der Waals surface area contributed by atoms with Gasteiger partial charge < -0.3 is 15.0 Å². The first-order valence-corrected chi connectivity index (χ1v) is 8.14. The van der Waals surface area contributed by atoms with Gasteiger partial charge in [0.2, 0.25) is 5.91 Å². The number of carbonyl (C=O) groups is 1. The summed E-state index contributed by atoms with van der Waals surface area (Å²) >= 11 is 0. The van der Waals surface area contributed by atoms with Crippen molar-refractivity contribution in [3.05, 3.63) is 30.3 Å². The Labute approximate surface area is 132 Å². The van der Waals surface area contributed by atoms with Gasteiger partial charge in [-0.2, -0.15) is 0 Å². The van der Waals surface area contributed by atoms with E-state index in [9.17, 15) is 4.79 Å². The van der Waals surface area contributed by atoms with E-state index >= 15 is 0 Å². The quantitative estimate of drug-likeness (QED) is 0.885. The van der Waals surface area contributed by atoms with E-state index in [4.69, 9.17) is 4.74 Å². The van der Waals surface area contributed by atoms with Gasteiger partial charge >= 0.3 is 0 Å². The smallest absolute Gasteiger partial charge is 0.226 e. The molecule has 2 aliphatic heterocycles. The summed E-state index contributed by atoms with van der Waals surface area (Å²) in [5.41, 5.74) is 0.957. The van der Waals surface area contributed by atoms with Crippen molar-refractivity contribution in [3.63, 3.8) is 0 Å². The molecule has 22 heavy (non-hydrogen) atoms. The van der Waals surface area contributed by atoms with Crippen molar-refractivity contribution in [1.29, 1.82) is 0 Å². The number of rotatable bonds is 5. The minimum atomic E-state index is -0.0250. The molecule has 2 heterocycles. The van der Waals surface area contributed by atoms with Crippen LogP contribution in [0, 0.1) is 0 Å². The summed E-state index contributed by atoms with van der Waals surface area (Å²) in [7, 11) is 0. The predicted octanol–water partition coefficient (Wildman–Crippen LogP) is 1.10. The lowest BCUT2D eigenvalue weighted by atomic mass is 9.92. The molecule has 120 valence electrons. The summed E-state index contributed by atoms with van der Waals surface area (Å²) in [6.07, 6.45) is 0.521. The van der Waals surface area contributed by atoms with Gasteiger partial charge in [0.25, 0.3) is 0 Å². The number of ether oxygens (including phenoxy) is 1. The third-order valence-corrected chi connectivity index (χ3v) is 4.65. The maximum atomic E-state index is 12.5. The fourth-order valence-corrected chi connectivity index (χ4v) is 3.27. The normalized spacial score (nSPS) is 21.1. The van der Waals surface area contributed by atoms with Crippen molar-refractivity contribution >= 4 is 11.6 Å². The van der Waals surface area contributed by atoms with Crippen LogP contribution in [-0.2, 0) is 9.53 Å². The molecule has 3 rings (SSSR count). The number of para-hydroxylation sites is 1. The zero-order valence-electron chi connectivity index (χ0n) is 13.3. The van der Waals surface area contributed by atoms with E-state index in [0.717, 1.165) is 31.9 Å². The van der Waals surface area contributed by atoms with Gasteiger partial charge in [-0.15, -0.1) is 0 Å². The number of carbonyl (C=O) groups excluding carboxylic acids is 1. The highest BCUT2D eigenvalue weighted by Crippen LogP contribution is 2.29. The van der Waals surface area contributed by atoms with Gasteiger partial charge in [-0.3, -0.25) is 9.69 Å². The maximum absolute atomic E-state index is 12.5. The lowest BCUT2D eigenvalue weighted by Gasteiger charge is -2.52. The molecule has 0 aromatic heterocycles. The number of amides is 1. The Kier molecular flexibility index (Phi) is 4.76. The van der Waals surface area contributed by atoms with E-state index in [2.05, 4.69) is 10.2 Å². The molecule has 2 aliphatic rings. The van der Waals surface area contributed by atoms with Gasteiger partial charge in [0.15, 0.2) is 0 Å². The summed E-state index contributed by atoms with van der Waals surface area (Å²) < 4.78 is 5.54. The molecule has 1 amide bonds. The van der Waals surface area contributed by atoms with Crippen molar-refractivity contribution in [2.45, 2.75) is 18.9 Å². The monoisotopic (exact) mass is 303 g/mol. The Balaban J connectivity index is 1.80. The fourth-order valence-electron chi connectivity index (χ4n) is 3.27. The highest BCUT2D eigenvalue weighted by Gasteiger charge is 2.46. The molecule has 0 atom stereocenters. The molecular formula is C17H25N3O2. The first-order chi connectivity index (χ1) is 10.7. The van der Waals surface area contributed by atoms with Gasteiger partial charge in [-0.1, -0.05) is 25.1 Å². The molecule has 0 bridgehead atoms. The van der Waals surface area contributed by atoms with Crippen molar-refractivity contribution in [1.82, 2.24) is 10.2 Å². The lowest BCUT2D eigenvalue weighted by molar-refractivity contribution is -0.141. The van der Waals surface area contributed by atoms with Gasteiger partial charge in [0.05, 0.1) is 18.8 Å². The summed E-state index contributed by atoms with van der Waals surface area (Å²) in [5, 5.41) is 3.39. The number of benzene rings is 1. The second-order valence-corrected chi connectivity index (χ2v) is 6.12. The van der Waals surface area contributed by atoms with Crippen LogP contribution >= 0.6 is 0 Å². The number of hydrogen-bond acceptors (Lipinski definition) is 4. The zero-order chi connectivity index (χ0) is 15.4. The highest BCUT2D eigenvalue weighted by molar-refractivity contribution is 5.93. The molecule has 1 aromatic rings. The molecule has 0 saturated carbocycles. The summed E-state index contributed by atoms with van der Waals surface area (Å²) in [4.78, 5) is 16.9. The van der Waals surface area contributed by atoms with E-state index < -0.39 is 0 Å². The Morgan fingerprint density at radius 3 is 2.50 bits per heavy atom. The van der Waals surface area contributed by atoms with Gasteiger partial charge in [-0.25, -0.2) is 0 Å². The van der Waals surface area contributed by atoms with Gasteiger partial charge in [-0.05, 0) is 12.1 Å². The summed E-state index contributed by atoms with van der Waals surface area (Å²) in [6.45, 7) is 8.12. The Hall–Kier alpha value is -1.43. The number of piperazine rings is 1. The molecule has 5 heteroatoms. The molecule has 0 spiro atoms. The topological polar surface area (TPSA) is 44.8 Å². The first kappa shape index (κ1) is 15.5. The van der Waals surface area contributed by atoms with Crippen molar-refractivity contribution < 1.29 is 9.53 Å². The zero-order valence-corrected chi connectivity index (χ0v) is 13.3. The minimum Gasteiger partial charge on any atom is -0.377 e. The van der Waals surface area contributed by atoms with E-state index in [1.165, 1.54) is 0 Å². The van der Waals surface area contributed by atoms with Crippen molar-refractivity contribution in [2.24, 2.45) is 0 Å². The predicted molar refractivity (Wildman–Crippen MR) is 87.1 cm³/mol. The molecule has 0 unspecified atom stereocenters. The van der Waals surface area contributed by atoms with Crippen LogP contribution in [0.2, 0.25) is 0 Å². The molecule has 1 aromatic carbocycles. The molecule has 2 fully saturated rings. The van der Waals surface area contributed by atoms with Gasteiger partial charge in [0, 0.05) is 44.8 Å². The SMILES string of the molecule is CCC(=O)N(CC1(N2CCNCC2)COC1)c1ccccc1. The second-order valence-electron chi connectivity index (χ2n) is 6.12. The van der Waals surface area contributed by atoms with Crippen molar-refractivity contribution in [3.8, 4) is 0 Å². The Morgan fingerprint density at radius 2 is 1.95 bits per heavy atom. The lowest BCUT2D eigenvalue weighted by Crippen LogP contribution is -2.70. The molecule has 0 aliphatic carbocycles. The van der Waals surface area contributed by atoms with Crippen LogP contribution in [-0.4, -0.2) is 62.3 Å².